The Bertz CT molecular complexity index is 614. The lowest BCUT2D eigenvalue weighted by molar-refractivity contribution is -0.153. The number of hydrogen-bond donors (Lipinski definition) is 1. The molecule has 0 aromatic heterocycles. The topological polar surface area (TPSA) is 55.4 Å². The quantitative estimate of drug-likeness (QED) is 0.670. The Morgan fingerprint density at radius 3 is 2.73 bits per heavy atom. The van der Waals surface area contributed by atoms with Crippen molar-refractivity contribution in [2.45, 2.75) is 19.4 Å². The number of benzene rings is 1. The van der Waals surface area contributed by atoms with Crippen molar-refractivity contribution in [3.05, 3.63) is 47.0 Å². The summed E-state index contributed by atoms with van der Waals surface area (Å²) in [4.78, 5) is 23.8. The molecule has 0 saturated heterocycles. The number of rotatable bonds is 5. The van der Waals surface area contributed by atoms with E-state index in [1.807, 2.05) is 18.2 Å². The van der Waals surface area contributed by atoms with E-state index in [-0.39, 0.29) is 24.4 Å². The van der Waals surface area contributed by atoms with Crippen molar-refractivity contribution >= 4 is 23.5 Å². The minimum absolute atomic E-state index is 0.0774. The summed E-state index contributed by atoms with van der Waals surface area (Å²) in [5, 5.41) is 3.31. The van der Waals surface area contributed by atoms with E-state index in [4.69, 9.17) is 16.3 Å². The lowest BCUT2D eigenvalue weighted by Crippen LogP contribution is -2.31. The van der Waals surface area contributed by atoms with Crippen molar-refractivity contribution in [3.63, 3.8) is 0 Å². The predicted octanol–water partition coefficient (Wildman–Crippen LogP) is 2.71. The number of carbonyl (C=O) groups is 2. The second-order valence-corrected chi connectivity index (χ2v) is 6.27. The van der Waals surface area contributed by atoms with E-state index in [2.05, 4.69) is 17.5 Å². The van der Waals surface area contributed by atoms with Crippen LogP contribution in [0.2, 0.25) is 5.02 Å². The van der Waals surface area contributed by atoms with E-state index in [1.54, 1.807) is 6.07 Å². The first-order chi connectivity index (χ1) is 10.6. The molecule has 1 amide bonds. The van der Waals surface area contributed by atoms with Crippen LogP contribution in [-0.4, -0.2) is 18.5 Å². The summed E-state index contributed by atoms with van der Waals surface area (Å²) < 4.78 is 5.14. The molecule has 3 rings (SSSR count). The Morgan fingerprint density at radius 2 is 2.05 bits per heavy atom. The van der Waals surface area contributed by atoms with Crippen LogP contribution in [-0.2, 0) is 20.9 Å². The molecule has 1 saturated carbocycles. The lowest BCUT2D eigenvalue weighted by Gasteiger charge is -2.16. The van der Waals surface area contributed by atoms with E-state index in [1.165, 1.54) is 0 Å². The molecule has 1 fully saturated rings. The molecule has 3 atom stereocenters. The molecule has 2 bridgehead atoms. The molecule has 22 heavy (non-hydrogen) atoms. The second kappa shape index (κ2) is 6.53. The van der Waals surface area contributed by atoms with E-state index in [9.17, 15) is 9.59 Å². The molecule has 2 aliphatic carbocycles. The van der Waals surface area contributed by atoms with Crippen molar-refractivity contribution in [1.29, 1.82) is 0 Å². The van der Waals surface area contributed by atoms with Crippen LogP contribution in [0.4, 0.5) is 0 Å². The third-order valence-corrected chi connectivity index (χ3v) is 4.73. The Hall–Kier alpha value is -1.81. The maximum Gasteiger partial charge on any atom is 0.310 e. The van der Waals surface area contributed by atoms with Crippen LogP contribution in [0.5, 0.6) is 0 Å². The number of nitrogens with one attached hydrogen (secondary N) is 1. The van der Waals surface area contributed by atoms with Gasteiger partial charge in [-0.15, -0.1) is 0 Å². The monoisotopic (exact) mass is 319 g/mol. The summed E-state index contributed by atoms with van der Waals surface area (Å²) >= 11 is 6.01. The molecule has 116 valence electrons. The zero-order chi connectivity index (χ0) is 15.5. The SMILES string of the molecule is O=C(COC(=O)[C@H]1C[C@@H]2C=C[C@H]1C2)NCc1ccccc1Cl. The highest BCUT2D eigenvalue weighted by Crippen LogP contribution is 2.43. The maximum atomic E-state index is 12.0. The van der Waals surface area contributed by atoms with Crippen molar-refractivity contribution < 1.29 is 14.3 Å². The first-order valence-corrected chi connectivity index (χ1v) is 7.86. The highest BCUT2D eigenvalue weighted by molar-refractivity contribution is 6.31. The molecule has 2 aliphatic rings. The van der Waals surface area contributed by atoms with Gasteiger partial charge in [-0.25, -0.2) is 0 Å². The fourth-order valence-corrected chi connectivity index (χ4v) is 3.38. The van der Waals surface area contributed by atoms with Gasteiger partial charge in [0.25, 0.3) is 5.91 Å². The van der Waals surface area contributed by atoms with Gasteiger partial charge in [-0.1, -0.05) is 42.0 Å². The zero-order valence-electron chi connectivity index (χ0n) is 12.1. The van der Waals surface area contributed by atoms with E-state index in [0.717, 1.165) is 18.4 Å². The summed E-state index contributed by atoms with van der Waals surface area (Å²) in [5.74, 6) is 0.156. The molecule has 0 unspecified atom stereocenters. The van der Waals surface area contributed by atoms with Gasteiger partial charge in [0.05, 0.1) is 5.92 Å². The maximum absolute atomic E-state index is 12.0. The first-order valence-electron chi connectivity index (χ1n) is 7.48. The Labute approximate surface area is 134 Å². The molecular formula is C17H18ClNO3. The average molecular weight is 320 g/mol. The Morgan fingerprint density at radius 1 is 1.23 bits per heavy atom. The first kappa shape index (κ1) is 15.1. The largest absolute Gasteiger partial charge is 0.455 e. The Balaban J connectivity index is 1.42. The fraction of sp³-hybridized carbons (Fsp3) is 0.412. The zero-order valence-corrected chi connectivity index (χ0v) is 12.9. The summed E-state index contributed by atoms with van der Waals surface area (Å²) in [5.41, 5.74) is 0.835. The highest BCUT2D eigenvalue weighted by atomic mass is 35.5. The minimum Gasteiger partial charge on any atom is -0.455 e. The summed E-state index contributed by atoms with van der Waals surface area (Å²) in [7, 11) is 0. The van der Waals surface area contributed by atoms with Crippen molar-refractivity contribution in [2.24, 2.45) is 17.8 Å². The normalized spacial score (nSPS) is 25.2. The fourth-order valence-electron chi connectivity index (χ4n) is 3.18. The number of esters is 1. The van der Waals surface area contributed by atoms with Crippen molar-refractivity contribution in [2.75, 3.05) is 6.61 Å². The van der Waals surface area contributed by atoms with Gasteiger partial charge in [0.1, 0.15) is 0 Å². The van der Waals surface area contributed by atoms with Crippen LogP contribution in [0.15, 0.2) is 36.4 Å². The van der Waals surface area contributed by atoms with Crippen molar-refractivity contribution in [3.8, 4) is 0 Å². The average Bonchev–Trinajstić information content (AvgIpc) is 3.15. The minimum atomic E-state index is -0.313. The molecular weight excluding hydrogens is 302 g/mol. The third-order valence-electron chi connectivity index (χ3n) is 4.36. The van der Waals surface area contributed by atoms with Crippen LogP contribution in [0.3, 0.4) is 0 Å². The number of amides is 1. The molecule has 0 radical (unpaired) electrons. The molecule has 0 aliphatic heterocycles. The van der Waals surface area contributed by atoms with E-state index < -0.39 is 0 Å². The molecule has 4 nitrogen and oxygen atoms in total. The number of fused-ring (bicyclic) bond motifs is 2. The number of allylic oxidation sites excluding steroid dienone is 2. The van der Waals surface area contributed by atoms with Crippen LogP contribution in [0.25, 0.3) is 0 Å². The molecule has 5 heteroatoms. The molecule has 0 spiro atoms. The molecule has 1 aromatic carbocycles. The van der Waals surface area contributed by atoms with Gasteiger partial charge in [-0.3, -0.25) is 9.59 Å². The van der Waals surface area contributed by atoms with Gasteiger partial charge < -0.3 is 10.1 Å². The number of ether oxygens (including phenoxy) is 1. The van der Waals surface area contributed by atoms with Crippen LogP contribution in [0, 0.1) is 17.8 Å². The molecule has 1 N–H and O–H groups in total. The summed E-state index contributed by atoms with van der Waals surface area (Å²) in [6.07, 6.45) is 6.15. The van der Waals surface area contributed by atoms with Gasteiger partial charge >= 0.3 is 5.97 Å². The second-order valence-electron chi connectivity index (χ2n) is 5.86. The van der Waals surface area contributed by atoms with E-state index in [0.29, 0.717) is 23.4 Å². The molecule has 1 aromatic rings. The number of halogens is 1. The number of hydrogen-bond acceptors (Lipinski definition) is 3. The standard InChI is InChI=1S/C17H18ClNO3/c18-15-4-2-1-3-13(15)9-19-16(20)10-22-17(21)14-8-11-5-6-12(14)7-11/h1-6,11-12,14H,7-10H2,(H,19,20)/t11-,12+,14+/m1/s1. The van der Waals surface area contributed by atoms with Gasteiger partial charge in [0, 0.05) is 11.6 Å². The lowest BCUT2D eigenvalue weighted by atomic mass is 9.94. The van der Waals surface area contributed by atoms with Crippen LogP contribution >= 0.6 is 11.6 Å². The third kappa shape index (κ3) is 3.33. The van der Waals surface area contributed by atoms with Gasteiger partial charge in [-0.05, 0) is 36.3 Å². The van der Waals surface area contributed by atoms with Crippen LogP contribution < -0.4 is 5.32 Å². The summed E-state index contributed by atoms with van der Waals surface area (Å²) in [6, 6.07) is 7.30. The smallest absolute Gasteiger partial charge is 0.310 e. The summed E-state index contributed by atoms with van der Waals surface area (Å²) in [6.45, 7) is 0.0911. The van der Waals surface area contributed by atoms with Gasteiger partial charge in [-0.2, -0.15) is 0 Å². The highest BCUT2D eigenvalue weighted by Gasteiger charge is 2.40. The Kier molecular flexibility index (Phi) is 4.48. The van der Waals surface area contributed by atoms with Crippen molar-refractivity contribution in [1.82, 2.24) is 5.32 Å². The number of carbonyl (C=O) groups excluding carboxylic acids is 2. The predicted molar refractivity (Wildman–Crippen MR) is 83.1 cm³/mol. The van der Waals surface area contributed by atoms with Gasteiger partial charge in [0.15, 0.2) is 6.61 Å². The van der Waals surface area contributed by atoms with Crippen LogP contribution in [0.1, 0.15) is 18.4 Å². The van der Waals surface area contributed by atoms with E-state index >= 15 is 0 Å². The van der Waals surface area contributed by atoms with Gasteiger partial charge in [0.2, 0.25) is 0 Å². The molecule has 0 heterocycles.